The highest BCUT2D eigenvalue weighted by atomic mass is 19.1. The number of hydrogen-bond donors (Lipinski definition) is 0. The van der Waals surface area contributed by atoms with Gasteiger partial charge in [0.25, 0.3) is 0 Å². The normalized spacial score (nSPS) is 28.4. The number of piperazine rings is 1. The van der Waals surface area contributed by atoms with Gasteiger partial charge in [0, 0.05) is 45.0 Å². The fourth-order valence-corrected chi connectivity index (χ4v) is 4.16. The van der Waals surface area contributed by atoms with E-state index in [4.69, 9.17) is 4.74 Å². The third-order valence-corrected chi connectivity index (χ3v) is 5.76. The minimum atomic E-state index is -0.416. The van der Waals surface area contributed by atoms with E-state index in [-0.39, 0.29) is 36.4 Å². The lowest BCUT2D eigenvalue weighted by Gasteiger charge is -2.36. The maximum absolute atomic E-state index is 13.0. The minimum Gasteiger partial charge on any atom is -0.370 e. The Morgan fingerprint density at radius 1 is 1.19 bits per heavy atom. The predicted octanol–water partition coefficient (Wildman–Crippen LogP) is 0.153. The summed E-state index contributed by atoms with van der Waals surface area (Å²) in [7, 11) is 2.06. The molecule has 3 aliphatic heterocycles. The van der Waals surface area contributed by atoms with Crippen LogP contribution in [0.15, 0.2) is 18.3 Å². The zero-order valence-corrected chi connectivity index (χ0v) is 15.5. The monoisotopic (exact) mass is 376 g/mol. The minimum absolute atomic E-state index is 0.0555. The molecule has 0 saturated carbocycles. The second-order valence-corrected chi connectivity index (χ2v) is 7.71. The van der Waals surface area contributed by atoms with Gasteiger partial charge < -0.3 is 19.4 Å². The second-order valence-electron chi connectivity index (χ2n) is 7.71. The number of pyridine rings is 1. The molecule has 1 aromatic heterocycles. The number of fused-ring (bicyclic) bond motifs is 2. The smallest absolute Gasteiger partial charge is 0.228 e. The van der Waals surface area contributed by atoms with Crippen LogP contribution in [-0.2, 0) is 20.7 Å². The Balaban J connectivity index is 1.36. The molecule has 3 atom stereocenters. The number of amides is 2. The molecule has 4 rings (SSSR count). The third kappa shape index (κ3) is 3.96. The van der Waals surface area contributed by atoms with Crippen LogP contribution in [0.4, 0.5) is 4.39 Å². The number of likely N-dealkylation sites (tertiary alicyclic amines) is 1. The average molecular weight is 376 g/mol. The summed E-state index contributed by atoms with van der Waals surface area (Å²) in [5.41, 5.74) is 0.547. The molecule has 2 bridgehead atoms. The van der Waals surface area contributed by atoms with Gasteiger partial charge in [0.2, 0.25) is 11.8 Å². The first-order valence-electron chi connectivity index (χ1n) is 9.50. The van der Waals surface area contributed by atoms with E-state index < -0.39 is 5.82 Å². The van der Waals surface area contributed by atoms with Crippen LogP contribution in [0.3, 0.4) is 0 Å². The number of ether oxygens (including phenoxy) is 1. The first-order valence-corrected chi connectivity index (χ1v) is 9.50. The van der Waals surface area contributed by atoms with Crippen molar-refractivity contribution in [3.8, 4) is 0 Å². The van der Waals surface area contributed by atoms with Crippen molar-refractivity contribution in [1.29, 1.82) is 0 Å². The first-order chi connectivity index (χ1) is 13.0. The van der Waals surface area contributed by atoms with E-state index >= 15 is 0 Å². The van der Waals surface area contributed by atoms with Crippen LogP contribution in [0.25, 0.3) is 0 Å². The molecule has 3 aliphatic rings. The van der Waals surface area contributed by atoms with E-state index in [0.717, 1.165) is 32.4 Å². The van der Waals surface area contributed by atoms with E-state index in [1.165, 1.54) is 12.1 Å². The molecule has 146 valence electrons. The van der Waals surface area contributed by atoms with Gasteiger partial charge >= 0.3 is 0 Å². The van der Waals surface area contributed by atoms with Gasteiger partial charge in [-0.1, -0.05) is 0 Å². The number of carbonyl (C=O) groups is 2. The van der Waals surface area contributed by atoms with E-state index in [0.29, 0.717) is 25.2 Å². The Bertz CT molecular complexity index is 705. The molecule has 0 N–H and O–H groups in total. The van der Waals surface area contributed by atoms with Crippen molar-refractivity contribution in [2.24, 2.45) is 5.92 Å². The van der Waals surface area contributed by atoms with Gasteiger partial charge in [-0.3, -0.25) is 14.6 Å². The molecular formula is C19H25FN4O3. The molecule has 27 heavy (non-hydrogen) atoms. The molecule has 8 heteroatoms. The van der Waals surface area contributed by atoms with Crippen LogP contribution < -0.4 is 0 Å². The Morgan fingerprint density at radius 3 is 2.67 bits per heavy atom. The fraction of sp³-hybridized carbons (Fsp3) is 0.632. The van der Waals surface area contributed by atoms with Gasteiger partial charge in [-0.05, 0) is 25.6 Å². The van der Waals surface area contributed by atoms with Crippen molar-refractivity contribution < 1.29 is 18.7 Å². The molecule has 0 radical (unpaired) electrons. The van der Waals surface area contributed by atoms with E-state index in [1.54, 1.807) is 4.90 Å². The SMILES string of the molecule is CN1CCN(C(=O)C2CC3CN(C(=O)Cc4ccc(F)cn4)CC2O3)CC1. The maximum atomic E-state index is 13.0. The summed E-state index contributed by atoms with van der Waals surface area (Å²) < 4.78 is 18.9. The first kappa shape index (κ1) is 18.3. The Labute approximate surface area is 158 Å². The Kier molecular flexibility index (Phi) is 5.10. The number of hydrogen-bond acceptors (Lipinski definition) is 5. The topological polar surface area (TPSA) is 66.0 Å². The highest BCUT2D eigenvalue weighted by Crippen LogP contribution is 2.33. The fourth-order valence-electron chi connectivity index (χ4n) is 4.16. The lowest BCUT2D eigenvalue weighted by atomic mass is 9.98. The van der Waals surface area contributed by atoms with Gasteiger partial charge in [0.15, 0.2) is 0 Å². The van der Waals surface area contributed by atoms with Gasteiger partial charge in [0.05, 0.1) is 30.7 Å². The molecule has 0 aliphatic carbocycles. The van der Waals surface area contributed by atoms with E-state index in [9.17, 15) is 14.0 Å². The predicted molar refractivity (Wildman–Crippen MR) is 95.3 cm³/mol. The van der Waals surface area contributed by atoms with Gasteiger partial charge in [0.1, 0.15) is 5.82 Å². The molecule has 0 spiro atoms. The molecule has 0 aromatic carbocycles. The average Bonchev–Trinajstić information content (AvgIpc) is 2.97. The highest BCUT2D eigenvalue weighted by molar-refractivity contribution is 5.81. The number of aromatic nitrogens is 1. The van der Waals surface area contributed by atoms with Crippen molar-refractivity contribution in [1.82, 2.24) is 19.7 Å². The maximum Gasteiger partial charge on any atom is 0.228 e. The molecule has 4 heterocycles. The van der Waals surface area contributed by atoms with Crippen molar-refractivity contribution in [3.05, 3.63) is 29.8 Å². The van der Waals surface area contributed by atoms with E-state index in [1.807, 2.05) is 4.90 Å². The summed E-state index contributed by atoms with van der Waals surface area (Å²) in [6.07, 6.45) is 1.61. The zero-order chi connectivity index (χ0) is 19.0. The molecule has 3 saturated heterocycles. The standard InChI is InChI=1S/C19H25FN4O3/c1-22-4-6-23(7-5-22)19(26)16-9-15-11-24(12-17(16)27-15)18(25)8-14-3-2-13(20)10-21-14/h2-3,10,15-17H,4-9,11-12H2,1H3. The second kappa shape index (κ2) is 7.52. The Hall–Kier alpha value is -2.06. The van der Waals surface area contributed by atoms with Crippen LogP contribution in [0.5, 0.6) is 0 Å². The molecule has 3 unspecified atom stereocenters. The number of likely N-dealkylation sites (N-methyl/N-ethyl adjacent to an activating group) is 1. The van der Waals surface area contributed by atoms with Crippen LogP contribution in [0.1, 0.15) is 12.1 Å². The van der Waals surface area contributed by atoms with E-state index in [2.05, 4.69) is 16.9 Å². The molecule has 1 aromatic rings. The summed E-state index contributed by atoms with van der Waals surface area (Å²) >= 11 is 0. The summed E-state index contributed by atoms with van der Waals surface area (Å²) in [4.78, 5) is 35.4. The van der Waals surface area contributed by atoms with Crippen molar-refractivity contribution in [3.63, 3.8) is 0 Å². The summed E-state index contributed by atoms with van der Waals surface area (Å²) in [5, 5.41) is 0. The molecule has 7 nitrogen and oxygen atoms in total. The number of rotatable bonds is 3. The van der Waals surface area contributed by atoms with Crippen LogP contribution >= 0.6 is 0 Å². The summed E-state index contributed by atoms with van der Waals surface area (Å²) in [6, 6.07) is 2.84. The number of morpholine rings is 1. The van der Waals surface area contributed by atoms with Crippen LogP contribution in [0.2, 0.25) is 0 Å². The molecule has 2 amide bonds. The molecule has 3 fully saturated rings. The van der Waals surface area contributed by atoms with Gasteiger partial charge in [-0.15, -0.1) is 0 Å². The van der Waals surface area contributed by atoms with Crippen molar-refractivity contribution in [2.45, 2.75) is 25.0 Å². The lowest BCUT2D eigenvalue weighted by Crippen LogP contribution is -2.52. The van der Waals surface area contributed by atoms with Crippen molar-refractivity contribution >= 4 is 11.8 Å². The molecular weight excluding hydrogens is 351 g/mol. The largest absolute Gasteiger partial charge is 0.370 e. The van der Waals surface area contributed by atoms with Gasteiger partial charge in [-0.2, -0.15) is 0 Å². The van der Waals surface area contributed by atoms with Crippen LogP contribution in [0, 0.1) is 11.7 Å². The Morgan fingerprint density at radius 2 is 1.96 bits per heavy atom. The number of nitrogens with zero attached hydrogens (tertiary/aromatic N) is 4. The number of carbonyl (C=O) groups excluding carboxylic acids is 2. The van der Waals surface area contributed by atoms with Crippen molar-refractivity contribution in [2.75, 3.05) is 46.3 Å². The van der Waals surface area contributed by atoms with Gasteiger partial charge in [-0.25, -0.2) is 4.39 Å². The number of halogens is 1. The zero-order valence-electron chi connectivity index (χ0n) is 15.5. The third-order valence-electron chi connectivity index (χ3n) is 5.76. The summed E-state index contributed by atoms with van der Waals surface area (Å²) in [6.45, 7) is 4.22. The summed E-state index contributed by atoms with van der Waals surface area (Å²) in [5.74, 6) is -0.480. The quantitative estimate of drug-likeness (QED) is 0.752. The lowest BCUT2D eigenvalue weighted by molar-refractivity contribution is -0.145. The van der Waals surface area contributed by atoms with Crippen LogP contribution in [-0.4, -0.2) is 90.0 Å². The highest BCUT2D eigenvalue weighted by Gasteiger charge is 2.47.